The van der Waals surface area contributed by atoms with E-state index >= 15 is 0 Å². The maximum absolute atomic E-state index is 13.1. The zero-order chi connectivity index (χ0) is 21.6. The van der Waals surface area contributed by atoms with Crippen LogP contribution >= 0.6 is 0 Å². The van der Waals surface area contributed by atoms with Crippen molar-refractivity contribution in [2.45, 2.75) is 45.2 Å². The number of carbonyl (C=O) groups is 1. The summed E-state index contributed by atoms with van der Waals surface area (Å²) in [6, 6.07) is 13.3. The van der Waals surface area contributed by atoms with E-state index in [0.29, 0.717) is 11.6 Å². The molecule has 0 spiro atoms. The molecule has 2 N–H and O–H groups in total. The predicted octanol–water partition coefficient (Wildman–Crippen LogP) is 3.27. The first-order valence-corrected chi connectivity index (χ1v) is 10.7. The molecule has 2 aromatic heterocycles. The molecule has 3 heterocycles. The van der Waals surface area contributed by atoms with E-state index in [0.717, 1.165) is 49.4 Å². The molecule has 0 radical (unpaired) electrons. The highest BCUT2D eigenvalue weighted by Gasteiger charge is 2.27. The molecule has 0 aliphatic carbocycles. The molecular weight excluding hydrogens is 392 g/mol. The lowest BCUT2D eigenvalue weighted by molar-refractivity contribution is -0.118. The Balaban J connectivity index is 1.42. The molecule has 8 nitrogen and oxygen atoms in total. The van der Waals surface area contributed by atoms with Gasteiger partial charge in [-0.05, 0) is 31.7 Å². The maximum atomic E-state index is 13.1. The first-order chi connectivity index (χ1) is 15.1. The molecule has 4 rings (SSSR count). The van der Waals surface area contributed by atoms with Gasteiger partial charge < -0.3 is 14.7 Å². The lowest BCUT2D eigenvalue weighted by atomic mass is 10.00. The molecule has 0 bridgehead atoms. The van der Waals surface area contributed by atoms with Crippen LogP contribution in [0.2, 0.25) is 0 Å². The second-order valence-electron chi connectivity index (χ2n) is 7.80. The van der Waals surface area contributed by atoms with Crippen LogP contribution in [0.1, 0.15) is 42.8 Å². The molecular formula is C23H28N6O2. The average molecular weight is 421 g/mol. The first kappa shape index (κ1) is 21.0. The van der Waals surface area contributed by atoms with Gasteiger partial charge in [-0.2, -0.15) is 0 Å². The van der Waals surface area contributed by atoms with Crippen LogP contribution in [0, 0.1) is 6.92 Å². The fourth-order valence-electron chi connectivity index (χ4n) is 3.86. The summed E-state index contributed by atoms with van der Waals surface area (Å²) in [6.07, 6.45) is 4.38. The van der Waals surface area contributed by atoms with Crippen molar-refractivity contribution in [2.75, 3.05) is 23.3 Å². The molecule has 1 aromatic carbocycles. The van der Waals surface area contributed by atoms with Gasteiger partial charge in [0, 0.05) is 37.0 Å². The lowest BCUT2D eigenvalue weighted by Gasteiger charge is -2.35. The van der Waals surface area contributed by atoms with E-state index < -0.39 is 6.04 Å². The van der Waals surface area contributed by atoms with Crippen molar-refractivity contribution in [1.82, 2.24) is 20.4 Å². The number of rotatable bonds is 7. The highest BCUT2D eigenvalue weighted by Crippen LogP contribution is 2.22. The first-order valence-electron chi connectivity index (χ1n) is 10.7. The van der Waals surface area contributed by atoms with Crippen LogP contribution in [0.4, 0.5) is 11.6 Å². The predicted molar refractivity (Wildman–Crippen MR) is 119 cm³/mol. The largest absolute Gasteiger partial charge is 0.360 e. The molecule has 8 heteroatoms. The summed E-state index contributed by atoms with van der Waals surface area (Å²) in [7, 11) is 0. The topological polar surface area (TPSA) is 96.2 Å². The molecule has 1 atom stereocenters. The van der Waals surface area contributed by atoms with Gasteiger partial charge in [-0.25, -0.2) is 9.97 Å². The number of amides is 1. The Hall–Kier alpha value is -3.26. The summed E-state index contributed by atoms with van der Waals surface area (Å²) in [6.45, 7) is 5.65. The van der Waals surface area contributed by atoms with Crippen LogP contribution in [0.5, 0.6) is 0 Å². The summed E-state index contributed by atoms with van der Waals surface area (Å²) < 4.78 is 5.07. The summed E-state index contributed by atoms with van der Waals surface area (Å²) in [5.41, 5.74) is 1.97. The van der Waals surface area contributed by atoms with E-state index in [-0.39, 0.29) is 11.9 Å². The van der Waals surface area contributed by atoms with Crippen molar-refractivity contribution in [3.8, 4) is 0 Å². The zero-order valence-electron chi connectivity index (χ0n) is 17.9. The number of aryl methyl sites for hydroxylation is 2. The van der Waals surface area contributed by atoms with Gasteiger partial charge in [0.25, 0.3) is 0 Å². The number of carbonyl (C=O) groups excluding carboxylic acids is 1. The van der Waals surface area contributed by atoms with Gasteiger partial charge in [0.05, 0.1) is 0 Å². The SMILES string of the molecule is CCc1cc(N2CCC(NC(C(=O)Nc3cc(C)on3)c3ccccc3)CC2)ncn1. The van der Waals surface area contributed by atoms with E-state index in [4.69, 9.17) is 4.52 Å². The molecule has 3 aromatic rings. The molecule has 31 heavy (non-hydrogen) atoms. The summed E-state index contributed by atoms with van der Waals surface area (Å²) in [4.78, 5) is 24.1. The average Bonchev–Trinajstić information content (AvgIpc) is 3.22. The highest BCUT2D eigenvalue weighted by molar-refractivity contribution is 5.94. The van der Waals surface area contributed by atoms with Gasteiger partial charge >= 0.3 is 0 Å². The second kappa shape index (κ2) is 9.70. The standard InChI is InChI=1S/C23H28N6O2/c1-3-18-14-21(25-15-24-18)29-11-9-19(10-12-29)26-22(17-7-5-4-6-8-17)23(30)27-20-13-16(2)31-28-20/h4-8,13-15,19,22,26H,3,9-12H2,1-2H3,(H,27,28,30). The fourth-order valence-corrected chi connectivity index (χ4v) is 3.86. The van der Waals surface area contributed by atoms with Crippen molar-refractivity contribution in [2.24, 2.45) is 0 Å². The van der Waals surface area contributed by atoms with Crippen molar-refractivity contribution >= 4 is 17.5 Å². The summed E-state index contributed by atoms with van der Waals surface area (Å²) in [5, 5.41) is 10.3. The summed E-state index contributed by atoms with van der Waals surface area (Å²) >= 11 is 0. The third kappa shape index (κ3) is 5.27. The number of hydrogen-bond donors (Lipinski definition) is 2. The van der Waals surface area contributed by atoms with Crippen LogP contribution in [0.15, 0.2) is 53.3 Å². The minimum absolute atomic E-state index is 0.148. The zero-order valence-corrected chi connectivity index (χ0v) is 17.9. The number of aromatic nitrogens is 3. The van der Waals surface area contributed by atoms with E-state index in [1.54, 1.807) is 19.3 Å². The van der Waals surface area contributed by atoms with Gasteiger partial charge in [-0.3, -0.25) is 10.1 Å². The smallest absolute Gasteiger partial charge is 0.247 e. The van der Waals surface area contributed by atoms with Crippen LogP contribution in [0.3, 0.4) is 0 Å². The quantitative estimate of drug-likeness (QED) is 0.605. The number of hydrogen-bond acceptors (Lipinski definition) is 7. The van der Waals surface area contributed by atoms with Crippen LogP contribution in [-0.2, 0) is 11.2 Å². The number of benzene rings is 1. The Labute approximate surface area is 182 Å². The van der Waals surface area contributed by atoms with Gasteiger partial charge in [0.15, 0.2) is 5.82 Å². The van der Waals surface area contributed by atoms with Gasteiger partial charge in [0.2, 0.25) is 5.91 Å². The Bertz CT molecular complexity index is 998. The molecule has 162 valence electrons. The molecule has 1 amide bonds. The molecule has 1 aliphatic heterocycles. The summed E-state index contributed by atoms with van der Waals surface area (Å²) in [5.74, 6) is 1.91. The van der Waals surface area contributed by atoms with Crippen molar-refractivity contribution in [1.29, 1.82) is 0 Å². The van der Waals surface area contributed by atoms with Crippen molar-refractivity contribution in [3.05, 3.63) is 65.8 Å². The highest BCUT2D eigenvalue weighted by atomic mass is 16.5. The van der Waals surface area contributed by atoms with Crippen LogP contribution < -0.4 is 15.5 Å². The number of anilines is 2. The van der Waals surface area contributed by atoms with Crippen molar-refractivity contribution < 1.29 is 9.32 Å². The Morgan fingerprint density at radius 2 is 1.97 bits per heavy atom. The normalized spacial score (nSPS) is 15.6. The van der Waals surface area contributed by atoms with E-state index in [1.807, 2.05) is 30.3 Å². The van der Waals surface area contributed by atoms with Crippen LogP contribution in [-0.4, -0.2) is 40.2 Å². The van der Waals surface area contributed by atoms with Crippen LogP contribution in [0.25, 0.3) is 0 Å². The third-order valence-electron chi connectivity index (χ3n) is 5.57. The Kier molecular flexibility index (Phi) is 6.57. The molecule has 1 unspecified atom stereocenters. The minimum atomic E-state index is -0.472. The van der Waals surface area contributed by atoms with E-state index in [9.17, 15) is 4.79 Å². The molecule has 1 aliphatic rings. The van der Waals surface area contributed by atoms with Gasteiger partial charge in [0.1, 0.15) is 23.9 Å². The molecule has 1 fully saturated rings. The minimum Gasteiger partial charge on any atom is -0.360 e. The monoisotopic (exact) mass is 420 g/mol. The molecule has 1 saturated heterocycles. The third-order valence-corrected chi connectivity index (χ3v) is 5.57. The van der Waals surface area contributed by atoms with E-state index in [1.165, 1.54) is 0 Å². The maximum Gasteiger partial charge on any atom is 0.247 e. The van der Waals surface area contributed by atoms with Gasteiger partial charge in [-0.1, -0.05) is 42.4 Å². The van der Waals surface area contributed by atoms with Crippen molar-refractivity contribution in [3.63, 3.8) is 0 Å². The Morgan fingerprint density at radius 1 is 1.19 bits per heavy atom. The lowest BCUT2D eigenvalue weighted by Crippen LogP contribution is -2.46. The molecule has 0 saturated carbocycles. The number of nitrogens with one attached hydrogen (secondary N) is 2. The number of piperidine rings is 1. The second-order valence-corrected chi connectivity index (χ2v) is 7.80. The van der Waals surface area contributed by atoms with E-state index in [2.05, 4.69) is 43.6 Å². The number of nitrogens with zero attached hydrogens (tertiary/aromatic N) is 4. The Morgan fingerprint density at radius 3 is 2.65 bits per heavy atom. The fraction of sp³-hybridized carbons (Fsp3) is 0.391. The van der Waals surface area contributed by atoms with Gasteiger partial charge in [-0.15, -0.1) is 0 Å².